The van der Waals surface area contributed by atoms with Gasteiger partial charge in [-0.05, 0) is 43.7 Å². The normalized spacial score (nSPS) is 10.3. The maximum absolute atomic E-state index is 6.20. The Morgan fingerprint density at radius 3 is 2.48 bits per heavy atom. The predicted octanol–water partition coefficient (Wildman–Crippen LogP) is 4.88. The molecule has 0 aliphatic heterocycles. The van der Waals surface area contributed by atoms with Crippen LogP contribution in [-0.4, -0.2) is 18.6 Å². The second-order valence-corrected chi connectivity index (χ2v) is 5.30. The number of rotatable bonds is 5. The van der Waals surface area contributed by atoms with Crippen molar-refractivity contribution in [2.75, 3.05) is 24.3 Å². The molecule has 21 heavy (non-hydrogen) atoms. The number of nitrogens with zero attached hydrogens (tertiary/aromatic N) is 1. The van der Waals surface area contributed by atoms with E-state index < -0.39 is 0 Å². The standard InChI is InChI=1S/C15H17Cl2N3O/c1-4-18-14-11(16)8-12(17)15(20-14)19-13-6-5-10(21-3)7-9(13)2/h5-8H,4H2,1-3H3,(H2,18,19,20). The lowest BCUT2D eigenvalue weighted by molar-refractivity contribution is 0.414. The van der Waals surface area contributed by atoms with E-state index in [1.807, 2.05) is 32.0 Å². The number of pyridine rings is 1. The molecule has 0 radical (unpaired) electrons. The highest BCUT2D eigenvalue weighted by Crippen LogP contribution is 2.32. The maximum Gasteiger partial charge on any atom is 0.151 e. The van der Waals surface area contributed by atoms with Gasteiger partial charge in [0.1, 0.15) is 11.6 Å². The highest BCUT2D eigenvalue weighted by atomic mass is 35.5. The van der Waals surface area contributed by atoms with Gasteiger partial charge in [0.2, 0.25) is 0 Å². The Kier molecular flexibility index (Phi) is 5.15. The molecule has 0 aliphatic carbocycles. The Hall–Kier alpha value is -1.65. The SMILES string of the molecule is CCNc1nc(Nc2ccc(OC)cc2C)c(Cl)cc1Cl. The molecule has 1 aromatic carbocycles. The molecule has 0 amide bonds. The van der Waals surface area contributed by atoms with Gasteiger partial charge in [-0.3, -0.25) is 0 Å². The van der Waals surface area contributed by atoms with Gasteiger partial charge in [0.25, 0.3) is 0 Å². The van der Waals surface area contributed by atoms with Gasteiger partial charge < -0.3 is 15.4 Å². The number of halogens is 2. The van der Waals surface area contributed by atoms with Crippen molar-refractivity contribution in [3.63, 3.8) is 0 Å². The van der Waals surface area contributed by atoms with Crippen molar-refractivity contribution >= 4 is 40.5 Å². The van der Waals surface area contributed by atoms with Crippen molar-refractivity contribution in [2.24, 2.45) is 0 Å². The minimum Gasteiger partial charge on any atom is -0.497 e. The zero-order chi connectivity index (χ0) is 15.4. The number of benzene rings is 1. The van der Waals surface area contributed by atoms with Crippen LogP contribution < -0.4 is 15.4 Å². The van der Waals surface area contributed by atoms with Crippen molar-refractivity contribution in [2.45, 2.75) is 13.8 Å². The predicted molar refractivity (Wildman–Crippen MR) is 89.4 cm³/mol. The van der Waals surface area contributed by atoms with E-state index in [9.17, 15) is 0 Å². The first-order valence-electron chi connectivity index (χ1n) is 6.56. The number of hydrogen-bond acceptors (Lipinski definition) is 4. The fourth-order valence-electron chi connectivity index (χ4n) is 1.88. The van der Waals surface area contributed by atoms with E-state index in [0.29, 0.717) is 21.7 Å². The summed E-state index contributed by atoms with van der Waals surface area (Å²) in [6.07, 6.45) is 0. The Labute approximate surface area is 134 Å². The quantitative estimate of drug-likeness (QED) is 0.822. The minimum atomic E-state index is 0.469. The van der Waals surface area contributed by atoms with Crippen LogP contribution in [0.4, 0.5) is 17.3 Å². The fraction of sp³-hybridized carbons (Fsp3) is 0.267. The molecule has 0 saturated heterocycles. The van der Waals surface area contributed by atoms with Gasteiger partial charge in [-0.1, -0.05) is 23.2 Å². The number of ether oxygens (including phenoxy) is 1. The summed E-state index contributed by atoms with van der Waals surface area (Å²) in [5.41, 5.74) is 1.95. The van der Waals surface area contributed by atoms with Gasteiger partial charge in [-0.2, -0.15) is 0 Å². The molecule has 2 rings (SSSR count). The monoisotopic (exact) mass is 325 g/mol. The average Bonchev–Trinajstić information content (AvgIpc) is 2.46. The summed E-state index contributed by atoms with van der Waals surface area (Å²) in [6, 6.07) is 7.42. The molecule has 0 bridgehead atoms. The van der Waals surface area contributed by atoms with Crippen molar-refractivity contribution in [1.29, 1.82) is 0 Å². The first-order valence-corrected chi connectivity index (χ1v) is 7.32. The number of methoxy groups -OCH3 is 1. The first-order chi connectivity index (χ1) is 10.0. The van der Waals surface area contributed by atoms with E-state index in [4.69, 9.17) is 27.9 Å². The molecule has 2 N–H and O–H groups in total. The summed E-state index contributed by atoms with van der Waals surface area (Å²) in [5, 5.41) is 7.29. The van der Waals surface area contributed by atoms with Crippen LogP contribution in [0.15, 0.2) is 24.3 Å². The molecule has 1 aromatic heterocycles. The third kappa shape index (κ3) is 3.71. The molecule has 0 spiro atoms. The van der Waals surface area contributed by atoms with Gasteiger partial charge >= 0.3 is 0 Å². The Morgan fingerprint density at radius 2 is 1.86 bits per heavy atom. The molecular formula is C15H17Cl2N3O. The molecule has 4 nitrogen and oxygen atoms in total. The van der Waals surface area contributed by atoms with E-state index in [-0.39, 0.29) is 0 Å². The molecule has 6 heteroatoms. The van der Waals surface area contributed by atoms with Gasteiger partial charge in [-0.25, -0.2) is 4.98 Å². The minimum absolute atomic E-state index is 0.469. The second-order valence-electron chi connectivity index (χ2n) is 4.49. The molecule has 0 saturated carbocycles. The summed E-state index contributed by atoms with van der Waals surface area (Å²) in [5.74, 6) is 1.98. The van der Waals surface area contributed by atoms with Crippen LogP contribution in [0.2, 0.25) is 10.0 Å². The molecule has 112 valence electrons. The molecular weight excluding hydrogens is 309 g/mol. The number of nitrogens with one attached hydrogen (secondary N) is 2. The number of aromatic nitrogens is 1. The van der Waals surface area contributed by atoms with Crippen LogP contribution >= 0.6 is 23.2 Å². The summed E-state index contributed by atoms with van der Waals surface area (Å²) in [7, 11) is 1.64. The second kappa shape index (κ2) is 6.87. The van der Waals surface area contributed by atoms with E-state index >= 15 is 0 Å². The largest absolute Gasteiger partial charge is 0.497 e. The third-order valence-corrected chi connectivity index (χ3v) is 3.54. The van der Waals surface area contributed by atoms with Gasteiger partial charge in [0, 0.05) is 12.2 Å². The lowest BCUT2D eigenvalue weighted by Crippen LogP contribution is -2.03. The van der Waals surface area contributed by atoms with Crippen LogP contribution in [0.3, 0.4) is 0 Å². The summed E-state index contributed by atoms with van der Waals surface area (Å²) >= 11 is 12.3. The zero-order valence-electron chi connectivity index (χ0n) is 12.1. The van der Waals surface area contributed by atoms with Gasteiger partial charge in [0.05, 0.1) is 17.2 Å². The van der Waals surface area contributed by atoms with Crippen molar-refractivity contribution < 1.29 is 4.74 Å². The van der Waals surface area contributed by atoms with Crippen LogP contribution in [0.5, 0.6) is 5.75 Å². The Balaban J connectivity index is 2.32. The van der Waals surface area contributed by atoms with E-state index in [1.165, 1.54) is 0 Å². The summed E-state index contributed by atoms with van der Waals surface area (Å²) in [4.78, 5) is 4.42. The molecule has 0 atom stereocenters. The highest BCUT2D eigenvalue weighted by molar-refractivity contribution is 6.37. The van der Waals surface area contributed by atoms with Crippen LogP contribution in [0.1, 0.15) is 12.5 Å². The number of anilines is 3. The van der Waals surface area contributed by atoms with E-state index in [1.54, 1.807) is 13.2 Å². The molecule has 0 aliphatic rings. The van der Waals surface area contributed by atoms with Crippen LogP contribution in [-0.2, 0) is 0 Å². The maximum atomic E-state index is 6.20. The smallest absolute Gasteiger partial charge is 0.151 e. The topological polar surface area (TPSA) is 46.2 Å². The number of hydrogen-bond donors (Lipinski definition) is 2. The lowest BCUT2D eigenvalue weighted by atomic mass is 10.2. The average molecular weight is 326 g/mol. The van der Waals surface area contributed by atoms with Gasteiger partial charge in [-0.15, -0.1) is 0 Å². The first kappa shape index (κ1) is 15.7. The molecule has 1 heterocycles. The van der Waals surface area contributed by atoms with Crippen molar-refractivity contribution in [1.82, 2.24) is 4.98 Å². The molecule has 0 fully saturated rings. The van der Waals surface area contributed by atoms with Crippen molar-refractivity contribution in [3.8, 4) is 5.75 Å². The van der Waals surface area contributed by atoms with E-state index in [2.05, 4.69) is 15.6 Å². The van der Waals surface area contributed by atoms with Crippen LogP contribution in [0, 0.1) is 6.92 Å². The highest BCUT2D eigenvalue weighted by Gasteiger charge is 2.10. The zero-order valence-corrected chi connectivity index (χ0v) is 13.6. The lowest BCUT2D eigenvalue weighted by Gasteiger charge is -2.14. The fourth-order valence-corrected chi connectivity index (χ4v) is 2.35. The van der Waals surface area contributed by atoms with Crippen molar-refractivity contribution in [3.05, 3.63) is 39.9 Å². The Bertz CT molecular complexity index is 647. The summed E-state index contributed by atoms with van der Waals surface area (Å²) < 4.78 is 5.19. The van der Waals surface area contributed by atoms with Crippen LogP contribution in [0.25, 0.3) is 0 Å². The Morgan fingerprint density at radius 1 is 1.14 bits per heavy atom. The van der Waals surface area contributed by atoms with Gasteiger partial charge in [0.15, 0.2) is 5.82 Å². The number of aryl methyl sites for hydroxylation is 1. The third-order valence-electron chi connectivity index (χ3n) is 2.96. The van der Waals surface area contributed by atoms with E-state index in [0.717, 1.165) is 23.5 Å². The summed E-state index contributed by atoms with van der Waals surface area (Å²) in [6.45, 7) is 4.70. The molecule has 2 aromatic rings. The molecule has 0 unspecified atom stereocenters.